The number of hydrogen-bond donors (Lipinski definition) is 1. The Morgan fingerprint density at radius 3 is 2.57 bits per heavy atom. The molecule has 0 bridgehead atoms. The van der Waals surface area contributed by atoms with E-state index in [0.29, 0.717) is 0 Å². The van der Waals surface area contributed by atoms with E-state index in [-0.39, 0.29) is 0 Å². The maximum absolute atomic E-state index is 3.72. The molecule has 0 aliphatic heterocycles. The van der Waals surface area contributed by atoms with E-state index in [2.05, 4.69) is 81.7 Å². The molecule has 0 atom stereocenters. The molecule has 1 fully saturated rings. The number of anilines is 1. The van der Waals surface area contributed by atoms with Crippen molar-refractivity contribution in [2.45, 2.75) is 32.0 Å². The van der Waals surface area contributed by atoms with Gasteiger partial charge in [-0.15, -0.1) is 0 Å². The van der Waals surface area contributed by atoms with E-state index in [1.165, 1.54) is 34.1 Å². The summed E-state index contributed by atoms with van der Waals surface area (Å²) in [6, 6.07) is 17.9. The van der Waals surface area contributed by atoms with Gasteiger partial charge in [-0.05, 0) is 42.2 Å². The van der Waals surface area contributed by atoms with Crippen LogP contribution >= 0.6 is 15.9 Å². The fourth-order valence-corrected chi connectivity index (χ4v) is 2.96. The van der Waals surface area contributed by atoms with E-state index in [4.69, 9.17) is 0 Å². The summed E-state index contributed by atoms with van der Waals surface area (Å²) in [5.74, 6) is 0. The Bertz CT molecular complexity index is 593. The molecule has 0 aromatic heterocycles. The van der Waals surface area contributed by atoms with Crippen LogP contribution in [0.4, 0.5) is 5.69 Å². The molecular formula is C18H21BrN2. The number of para-hydroxylation sites is 1. The lowest BCUT2D eigenvalue weighted by Crippen LogP contribution is -2.17. The van der Waals surface area contributed by atoms with Gasteiger partial charge in [0, 0.05) is 36.3 Å². The second kappa shape index (κ2) is 6.63. The molecular weight excluding hydrogens is 324 g/mol. The average Bonchev–Trinajstić information content (AvgIpc) is 3.33. The lowest BCUT2D eigenvalue weighted by atomic mass is 10.1. The topological polar surface area (TPSA) is 15.3 Å². The van der Waals surface area contributed by atoms with Crippen molar-refractivity contribution in [1.82, 2.24) is 5.32 Å². The lowest BCUT2D eigenvalue weighted by Gasteiger charge is -2.20. The van der Waals surface area contributed by atoms with Crippen LogP contribution in [0.25, 0.3) is 0 Å². The predicted molar refractivity (Wildman–Crippen MR) is 92.6 cm³/mol. The van der Waals surface area contributed by atoms with Crippen LogP contribution in [0, 0.1) is 0 Å². The number of hydrogen-bond acceptors (Lipinski definition) is 2. The minimum absolute atomic E-state index is 0.757. The van der Waals surface area contributed by atoms with Gasteiger partial charge in [-0.3, -0.25) is 0 Å². The van der Waals surface area contributed by atoms with Gasteiger partial charge in [0.2, 0.25) is 0 Å². The molecule has 1 aliphatic rings. The van der Waals surface area contributed by atoms with Crippen LogP contribution in [0.1, 0.15) is 24.0 Å². The summed E-state index contributed by atoms with van der Waals surface area (Å²) in [5.41, 5.74) is 3.90. The maximum atomic E-state index is 3.72. The predicted octanol–water partition coefficient (Wildman–Crippen LogP) is 4.34. The maximum Gasteiger partial charge on any atom is 0.0437 e. The van der Waals surface area contributed by atoms with E-state index in [9.17, 15) is 0 Å². The van der Waals surface area contributed by atoms with E-state index in [0.717, 1.165) is 19.1 Å². The van der Waals surface area contributed by atoms with Gasteiger partial charge in [-0.25, -0.2) is 0 Å². The van der Waals surface area contributed by atoms with Crippen LogP contribution in [-0.2, 0) is 13.1 Å². The molecule has 0 radical (unpaired) electrons. The fourth-order valence-electron chi connectivity index (χ4n) is 2.41. The zero-order valence-corrected chi connectivity index (χ0v) is 13.9. The molecule has 1 N–H and O–H groups in total. The Hall–Kier alpha value is -1.32. The number of benzene rings is 2. The van der Waals surface area contributed by atoms with Crippen molar-refractivity contribution in [2.75, 3.05) is 11.9 Å². The summed E-state index contributed by atoms with van der Waals surface area (Å²) in [6.45, 7) is 1.87. The standard InChI is InChI=1S/C18H21BrN2/c1-21(17-5-3-2-4-6-17)13-15-8-7-14(11-18(15)19)12-20-16-9-10-16/h2-8,11,16,20H,9-10,12-13H2,1H3. The van der Waals surface area contributed by atoms with Crippen molar-refractivity contribution < 1.29 is 0 Å². The van der Waals surface area contributed by atoms with Gasteiger partial charge in [-0.1, -0.05) is 46.3 Å². The van der Waals surface area contributed by atoms with Crippen molar-refractivity contribution in [3.63, 3.8) is 0 Å². The van der Waals surface area contributed by atoms with Crippen LogP contribution in [0.5, 0.6) is 0 Å². The van der Waals surface area contributed by atoms with Gasteiger partial charge in [0.05, 0.1) is 0 Å². The SMILES string of the molecule is CN(Cc1ccc(CNC2CC2)cc1Br)c1ccccc1. The Labute approximate surface area is 135 Å². The first kappa shape index (κ1) is 14.6. The summed E-state index contributed by atoms with van der Waals surface area (Å²) in [5, 5.41) is 3.55. The first-order valence-corrected chi connectivity index (χ1v) is 8.28. The molecule has 0 amide bonds. The van der Waals surface area contributed by atoms with Crippen molar-refractivity contribution >= 4 is 21.6 Å². The Morgan fingerprint density at radius 1 is 1.14 bits per heavy atom. The third kappa shape index (κ3) is 4.08. The first-order valence-electron chi connectivity index (χ1n) is 7.49. The largest absolute Gasteiger partial charge is 0.370 e. The highest BCUT2D eigenvalue weighted by Gasteiger charge is 2.20. The first-order chi connectivity index (χ1) is 10.2. The van der Waals surface area contributed by atoms with Crippen LogP contribution < -0.4 is 10.2 Å². The van der Waals surface area contributed by atoms with Crippen LogP contribution in [0.15, 0.2) is 53.0 Å². The van der Waals surface area contributed by atoms with Gasteiger partial charge in [0.15, 0.2) is 0 Å². The molecule has 2 nitrogen and oxygen atoms in total. The molecule has 1 saturated carbocycles. The minimum Gasteiger partial charge on any atom is -0.370 e. The van der Waals surface area contributed by atoms with Crippen molar-refractivity contribution in [1.29, 1.82) is 0 Å². The normalized spacial score (nSPS) is 14.2. The summed E-state index contributed by atoms with van der Waals surface area (Å²) in [6.07, 6.45) is 2.67. The highest BCUT2D eigenvalue weighted by Crippen LogP contribution is 2.24. The van der Waals surface area contributed by atoms with Crippen molar-refractivity contribution in [3.05, 3.63) is 64.1 Å². The highest BCUT2D eigenvalue weighted by molar-refractivity contribution is 9.10. The molecule has 0 unspecified atom stereocenters. The molecule has 1 aliphatic carbocycles. The third-order valence-corrected chi connectivity index (χ3v) is 4.63. The fraction of sp³-hybridized carbons (Fsp3) is 0.333. The Morgan fingerprint density at radius 2 is 1.90 bits per heavy atom. The molecule has 0 heterocycles. The van der Waals surface area contributed by atoms with Crippen molar-refractivity contribution in [2.24, 2.45) is 0 Å². The lowest BCUT2D eigenvalue weighted by molar-refractivity contribution is 0.687. The van der Waals surface area contributed by atoms with Gasteiger partial charge in [-0.2, -0.15) is 0 Å². The minimum atomic E-state index is 0.757. The number of rotatable bonds is 6. The molecule has 0 spiro atoms. The summed E-state index contributed by atoms with van der Waals surface area (Å²) >= 11 is 3.72. The van der Waals surface area contributed by atoms with E-state index >= 15 is 0 Å². The van der Waals surface area contributed by atoms with Crippen LogP contribution in [0.2, 0.25) is 0 Å². The third-order valence-electron chi connectivity index (χ3n) is 3.89. The van der Waals surface area contributed by atoms with Gasteiger partial charge in [0.25, 0.3) is 0 Å². The summed E-state index contributed by atoms with van der Waals surface area (Å²) in [7, 11) is 2.13. The molecule has 2 aromatic carbocycles. The zero-order valence-electron chi connectivity index (χ0n) is 12.3. The second-order valence-corrected chi connectivity index (χ2v) is 6.63. The highest BCUT2D eigenvalue weighted by atomic mass is 79.9. The molecule has 110 valence electrons. The van der Waals surface area contributed by atoms with E-state index in [1.54, 1.807) is 0 Å². The number of nitrogens with zero attached hydrogens (tertiary/aromatic N) is 1. The summed E-state index contributed by atoms with van der Waals surface area (Å²) < 4.78 is 1.19. The van der Waals surface area contributed by atoms with Crippen molar-refractivity contribution in [3.8, 4) is 0 Å². The number of nitrogens with one attached hydrogen (secondary N) is 1. The smallest absolute Gasteiger partial charge is 0.0437 e. The zero-order chi connectivity index (χ0) is 14.7. The Balaban J connectivity index is 1.64. The monoisotopic (exact) mass is 344 g/mol. The van der Waals surface area contributed by atoms with Crippen LogP contribution in [0.3, 0.4) is 0 Å². The molecule has 21 heavy (non-hydrogen) atoms. The molecule has 3 rings (SSSR count). The quantitative estimate of drug-likeness (QED) is 0.838. The Kier molecular flexibility index (Phi) is 4.61. The van der Waals surface area contributed by atoms with E-state index < -0.39 is 0 Å². The second-order valence-electron chi connectivity index (χ2n) is 5.77. The van der Waals surface area contributed by atoms with Crippen LogP contribution in [-0.4, -0.2) is 13.1 Å². The average molecular weight is 345 g/mol. The number of halogens is 1. The molecule has 3 heteroatoms. The van der Waals surface area contributed by atoms with E-state index in [1.807, 2.05) is 0 Å². The summed E-state index contributed by atoms with van der Waals surface area (Å²) in [4.78, 5) is 2.27. The molecule has 0 saturated heterocycles. The molecule has 2 aromatic rings. The van der Waals surface area contributed by atoms with Gasteiger partial charge in [0.1, 0.15) is 0 Å². The van der Waals surface area contributed by atoms with Gasteiger partial charge >= 0.3 is 0 Å². The van der Waals surface area contributed by atoms with Gasteiger partial charge < -0.3 is 10.2 Å².